The molecule has 0 amide bonds. The van der Waals surface area contributed by atoms with Gasteiger partial charge in [-0.2, -0.15) is 5.10 Å². The third-order valence-corrected chi connectivity index (χ3v) is 5.39. The van der Waals surface area contributed by atoms with E-state index in [9.17, 15) is 5.11 Å². The van der Waals surface area contributed by atoms with Crippen molar-refractivity contribution in [2.45, 2.75) is 26.1 Å². The molecule has 3 aromatic rings. The molecule has 1 atom stereocenters. The molecule has 1 heterocycles. The predicted molar refractivity (Wildman–Crippen MR) is 112 cm³/mol. The number of hydrogen-bond acceptors (Lipinski definition) is 4. The Labute approximate surface area is 171 Å². The van der Waals surface area contributed by atoms with Gasteiger partial charge in [0.25, 0.3) is 0 Å². The maximum atomic E-state index is 9.97. The van der Waals surface area contributed by atoms with E-state index in [1.54, 1.807) is 7.11 Å². The topological polar surface area (TPSA) is 50.5 Å². The highest BCUT2D eigenvalue weighted by Crippen LogP contribution is 2.27. The summed E-state index contributed by atoms with van der Waals surface area (Å²) in [5, 5.41) is 15.2. The Morgan fingerprint density at radius 2 is 1.82 bits per heavy atom. The summed E-state index contributed by atoms with van der Waals surface area (Å²) in [6.45, 7) is 3.21. The first-order valence-corrected chi connectivity index (χ1v) is 9.62. The monoisotopic (exact) mass is 399 g/mol. The molecule has 0 saturated carbocycles. The molecular weight excluding hydrogens is 374 g/mol. The van der Waals surface area contributed by atoms with Gasteiger partial charge in [0.15, 0.2) is 0 Å². The van der Waals surface area contributed by atoms with Crippen molar-refractivity contribution in [3.63, 3.8) is 0 Å². The molecule has 148 valence electrons. The normalized spacial score (nSPS) is 12.4. The van der Waals surface area contributed by atoms with E-state index in [1.807, 2.05) is 61.1 Å². The third-order valence-electron chi connectivity index (χ3n) is 4.97. The number of rotatable bonds is 8. The van der Waals surface area contributed by atoms with Crippen molar-refractivity contribution in [2.75, 3.05) is 20.8 Å². The van der Waals surface area contributed by atoms with E-state index in [0.29, 0.717) is 18.2 Å². The van der Waals surface area contributed by atoms with Crippen LogP contribution in [0.2, 0.25) is 5.15 Å². The average Bonchev–Trinajstić information content (AvgIpc) is 2.97. The minimum absolute atomic E-state index is 0.0116. The third kappa shape index (κ3) is 4.55. The van der Waals surface area contributed by atoms with Gasteiger partial charge in [0.1, 0.15) is 10.9 Å². The number of aromatic nitrogens is 2. The molecule has 0 aliphatic rings. The number of ether oxygens (including phenoxy) is 1. The smallest absolute Gasteiger partial charge is 0.132 e. The summed E-state index contributed by atoms with van der Waals surface area (Å²) >= 11 is 6.65. The second kappa shape index (κ2) is 9.24. The zero-order valence-electron chi connectivity index (χ0n) is 16.5. The van der Waals surface area contributed by atoms with Crippen LogP contribution in [0.5, 0.6) is 5.75 Å². The first kappa shape index (κ1) is 20.4. The maximum Gasteiger partial charge on any atom is 0.132 e. The van der Waals surface area contributed by atoms with Crippen LogP contribution in [0.1, 0.15) is 28.4 Å². The lowest BCUT2D eigenvalue weighted by atomic mass is 10.1. The quantitative estimate of drug-likeness (QED) is 0.620. The zero-order valence-corrected chi connectivity index (χ0v) is 17.2. The van der Waals surface area contributed by atoms with E-state index >= 15 is 0 Å². The zero-order chi connectivity index (χ0) is 20.1. The minimum atomic E-state index is -0.140. The Balaban J connectivity index is 1.77. The Kier molecular flexibility index (Phi) is 6.73. The fraction of sp³-hybridized carbons (Fsp3) is 0.318. The van der Waals surface area contributed by atoms with Gasteiger partial charge >= 0.3 is 0 Å². The van der Waals surface area contributed by atoms with Crippen LogP contribution >= 0.6 is 11.6 Å². The Hall–Kier alpha value is -2.34. The van der Waals surface area contributed by atoms with Crippen LogP contribution < -0.4 is 4.74 Å². The van der Waals surface area contributed by atoms with E-state index in [-0.39, 0.29) is 12.6 Å². The largest absolute Gasteiger partial charge is 0.497 e. The van der Waals surface area contributed by atoms with Crippen molar-refractivity contribution in [3.05, 3.63) is 82.1 Å². The van der Waals surface area contributed by atoms with Crippen LogP contribution in [-0.2, 0) is 13.1 Å². The molecule has 0 saturated heterocycles. The number of likely N-dealkylation sites (N-methyl/N-ethyl adjacent to an activating group) is 1. The second-order valence-corrected chi connectivity index (χ2v) is 7.24. The van der Waals surface area contributed by atoms with Gasteiger partial charge in [0.05, 0.1) is 32.0 Å². The van der Waals surface area contributed by atoms with E-state index in [0.717, 1.165) is 28.1 Å². The molecule has 5 nitrogen and oxygen atoms in total. The number of methoxy groups -OCH3 is 1. The predicted octanol–water partition coefficient (Wildman–Crippen LogP) is 4.07. The molecule has 28 heavy (non-hydrogen) atoms. The van der Waals surface area contributed by atoms with Crippen molar-refractivity contribution < 1.29 is 9.84 Å². The fourth-order valence-electron chi connectivity index (χ4n) is 3.32. The summed E-state index contributed by atoms with van der Waals surface area (Å²) in [6, 6.07) is 17.8. The van der Waals surface area contributed by atoms with Crippen LogP contribution in [0.3, 0.4) is 0 Å². The molecule has 1 aromatic heterocycles. The molecule has 2 aromatic carbocycles. The van der Waals surface area contributed by atoms with Crippen LogP contribution in [0, 0.1) is 6.92 Å². The summed E-state index contributed by atoms with van der Waals surface area (Å²) < 4.78 is 7.05. The van der Waals surface area contributed by atoms with Gasteiger partial charge in [-0.15, -0.1) is 0 Å². The number of aryl methyl sites for hydroxylation is 1. The summed E-state index contributed by atoms with van der Waals surface area (Å²) in [4.78, 5) is 2.09. The van der Waals surface area contributed by atoms with Gasteiger partial charge < -0.3 is 9.84 Å². The molecular formula is C22H26ClN3O2. The average molecular weight is 400 g/mol. The summed E-state index contributed by atoms with van der Waals surface area (Å²) in [7, 11) is 3.62. The Bertz CT molecular complexity index is 894. The molecule has 3 rings (SSSR count). The molecule has 0 spiro atoms. The standard InChI is InChI=1S/C22H26ClN3O2/c1-16-20(22(23)26(24-16)13-17-7-5-4-6-8-17)14-25(2)21(15-27)18-9-11-19(28-3)12-10-18/h4-12,21,27H,13-15H2,1-3H3. The molecule has 0 aliphatic heterocycles. The van der Waals surface area contributed by atoms with E-state index in [1.165, 1.54) is 0 Å². The molecule has 1 N–H and O–H groups in total. The number of aliphatic hydroxyl groups is 1. The van der Waals surface area contributed by atoms with Gasteiger partial charge in [-0.05, 0) is 37.2 Å². The van der Waals surface area contributed by atoms with E-state index < -0.39 is 0 Å². The highest BCUT2D eigenvalue weighted by molar-refractivity contribution is 6.30. The van der Waals surface area contributed by atoms with Crippen molar-refractivity contribution in [1.29, 1.82) is 0 Å². The second-order valence-electron chi connectivity index (χ2n) is 6.88. The first-order valence-electron chi connectivity index (χ1n) is 9.24. The van der Waals surface area contributed by atoms with Crippen LogP contribution in [0.4, 0.5) is 0 Å². The maximum absolute atomic E-state index is 9.97. The molecule has 0 aliphatic carbocycles. The lowest BCUT2D eigenvalue weighted by molar-refractivity contribution is 0.142. The molecule has 1 unspecified atom stereocenters. The van der Waals surface area contributed by atoms with E-state index in [4.69, 9.17) is 16.3 Å². The van der Waals surface area contributed by atoms with Gasteiger partial charge in [-0.25, -0.2) is 4.68 Å². The first-order chi connectivity index (χ1) is 13.5. The molecule has 0 bridgehead atoms. The lowest BCUT2D eigenvalue weighted by Gasteiger charge is -2.27. The van der Waals surface area contributed by atoms with Crippen LogP contribution in [0.25, 0.3) is 0 Å². The summed E-state index contributed by atoms with van der Waals surface area (Å²) in [6.07, 6.45) is 0. The van der Waals surface area contributed by atoms with Crippen molar-refractivity contribution in [3.8, 4) is 5.75 Å². The van der Waals surface area contributed by atoms with Crippen LogP contribution in [-0.4, -0.2) is 40.6 Å². The molecule has 0 radical (unpaired) electrons. The van der Waals surface area contributed by atoms with Gasteiger partial charge in [-0.1, -0.05) is 54.1 Å². The van der Waals surface area contributed by atoms with E-state index in [2.05, 4.69) is 22.1 Å². The fourth-order valence-corrected chi connectivity index (χ4v) is 3.61. The Morgan fingerprint density at radius 3 is 2.43 bits per heavy atom. The summed E-state index contributed by atoms with van der Waals surface area (Å²) in [5.74, 6) is 0.796. The molecule has 6 heteroatoms. The van der Waals surface area contributed by atoms with Crippen molar-refractivity contribution >= 4 is 11.6 Å². The number of halogens is 1. The summed E-state index contributed by atoms with van der Waals surface area (Å²) in [5.41, 5.74) is 4.06. The van der Waals surface area contributed by atoms with Crippen molar-refractivity contribution in [2.24, 2.45) is 0 Å². The number of benzene rings is 2. The minimum Gasteiger partial charge on any atom is -0.497 e. The van der Waals surface area contributed by atoms with Gasteiger partial charge in [0.2, 0.25) is 0 Å². The van der Waals surface area contributed by atoms with Crippen molar-refractivity contribution in [1.82, 2.24) is 14.7 Å². The number of aliphatic hydroxyl groups excluding tert-OH is 1. The Morgan fingerprint density at radius 1 is 1.14 bits per heavy atom. The van der Waals surface area contributed by atoms with Crippen LogP contribution in [0.15, 0.2) is 54.6 Å². The number of nitrogens with zero attached hydrogens (tertiary/aromatic N) is 3. The van der Waals surface area contributed by atoms with Gasteiger partial charge in [-0.3, -0.25) is 4.90 Å². The number of hydrogen-bond donors (Lipinski definition) is 1. The SMILES string of the molecule is COc1ccc(C(CO)N(C)Cc2c(C)nn(Cc3ccccc3)c2Cl)cc1. The molecule has 0 fully saturated rings. The lowest BCUT2D eigenvalue weighted by Crippen LogP contribution is -2.27. The van der Waals surface area contributed by atoms with Gasteiger partial charge in [0, 0.05) is 12.1 Å². The highest BCUT2D eigenvalue weighted by Gasteiger charge is 2.21. The highest BCUT2D eigenvalue weighted by atomic mass is 35.5.